The molecule has 0 saturated carbocycles. The molecular weight excluding hydrogens is 410 g/mol. The highest BCUT2D eigenvalue weighted by atomic mass is 32.2. The van der Waals surface area contributed by atoms with E-state index in [-0.39, 0.29) is 23.6 Å². The molecule has 0 aromatic carbocycles. The molecule has 0 aromatic heterocycles. The summed E-state index contributed by atoms with van der Waals surface area (Å²) in [5.41, 5.74) is 0. The van der Waals surface area contributed by atoms with Gasteiger partial charge in [-0.1, -0.05) is 84.5 Å². The molecule has 1 atom stereocenters. The Kier molecular flexibility index (Phi) is 16.4. The third-order valence-electron chi connectivity index (χ3n) is 6.38. The van der Waals surface area contributed by atoms with E-state index in [4.69, 9.17) is 4.74 Å². The van der Waals surface area contributed by atoms with Crippen LogP contribution < -0.4 is 0 Å². The molecule has 0 spiro atoms. The van der Waals surface area contributed by atoms with E-state index in [9.17, 15) is 13.2 Å². The second-order valence-corrected chi connectivity index (χ2v) is 11.6. The molecule has 31 heavy (non-hydrogen) atoms. The number of carbonyl (C=O) groups is 1. The topological polar surface area (TPSA) is 63.7 Å². The Morgan fingerprint density at radius 2 is 1.23 bits per heavy atom. The summed E-state index contributed by atoms with van der Waals surface area (Å²) in [5.74, 6) is 0.300. The zero-order valence-corrected chi connectivity index (χ0v) is 21.2. The van der Waals surface area contributed by atoms with Crippen molar-refractivity contribution in [3.05, 3.63) is 0 Å². The van der Waals surface area contributed by atoms with Crippen molar-refractivity contribution in [3.8, 4) is 0 Å². The van der Waals surface area contributed by atoms with E-state index in [1.165, 1.54) is 70.6 Å². The molecule has 1 aliphatic heterocycles. The second-order valence-electron chi connectivity index (χ2n) is 9.32. The van der Waals surface area contributed by atoms with Gasteiger partial charge < -0.3 is 9.64 Å². The van der Waals surface area contributed by atoms with Crippen molar-refractivity contribution in [2.45, 2.75) is 123 Å². The Balaban J connectivity index is 2.29. The number of unbranched alkanes of at least 4 members (excludes halogenated alkanes) is 11. The zero-order chi connectivity index (χ0) is 22.8. The predicted octanol–water partition coefficient (Wildman–Crippen LogP) is 5.91. The molecule has 0 bridgehead atoms. The summed E-state index contributed by atoms with van der Waals surface area (Å²) in [5, 5.41) is 0. The van der Waals surface area contributed by atoms with Gasteiger partial charge in [0.1, 0.15) is 6.10 Å². The molecule has 5 nitrogen and oxygen atoms in total. The van der Waals surface area contributed by atoms with Crippen molar-refractivity contribution in [2.24, 2.45) is 0 Å². The Bertz CT molecular complexity index is 536. The fraction of sp³-hybridized carbons (Fsp3) is 0.960. The van der Waals surface area contributed by atoms with Crippen molar-refractivity contribution in [1.82, 2.24) is 4.90 Å². The highest BCUT2D eigenvalue weighted by molar-refractivity contribution is 7.91. The molecular formula is C25H49NO4S. The van der Waals surface area contributed by atoms with E-state index in [0.717, 1.165) is 25.7 Å². The molecule has 1 unspecified atom stereocenters. The standard InChI is InChI=1S/C25H49NO4S/c1-3-5-7-9-11-13-15-17-24(16-14-12-10-8-6-4-2)30-25(27)18-19-26-20-22-31(28,29)23-21-26/h24H,3-23H2,1-2H3. The summed E-state index contributed by atoms with van der Waals surface area (Å²) in [6, 6.07) is 0. The molecule has 184 valence electrons. The van der Waals surface area contributed by atoms with Gasteiger partial charge in [-0.05, 0) is 25.7 Å². The highest BCUT2D eigenvalue weighted by Gasteiger charge is 2.22. The first-order chi connectivity index (χ1) is 15.0. The lowest BCUT2D eigenvalue weighted by atomic mass is 10.0. The Morgan fingerprint density at radius 1 is 0.774 bits per heavy atom. The van der Waals surface area contributed by atoms with Gasteiger partial charge in [-0.25, -0.2) is 8.42 Å². The number of nitrogens with zero attached hydrogens (tertiary/aromatic N) is 1. The van der Waals surface area contributed by atoms with Crippen molar-refractivity contribution in [2.75, 3.05) is 31.1 Å². The molecule has 0 aromatic rings. The molecule has 0 aliphatic carbocycles. The van der Waals surface area contributed by atoms with Crippen LogP contribution in [0.25, 0.3) is 0 Å². The second kappa shape index (κ2) is 17.9. The van der Waals surface area contributed by atoms with E-state index >= 15 is 0 Å². The monoisotopic (exact) mass is 459 g/mol. The molecule has 6 heteroatoms. The summed E-state index contributed by atoms with van der Waals surface area (Å²) in [4.78, 5) is 14.5. The summed E-state index contributed by atoms with van der Waals surface area (Å²) < 4.78 is 29.0. The zero-order valence-electron chi connectivity index (χ0n) is 20.4. The molecule has 0 amide bonds. The van der Waals surface area contributed by atoms with Crippen LogP contribution in [0.3, 0.4) is 0 Å². The first-order valence-electron chi connectivity index (χ1n) is 13.1. The lowest BCUT2D eigenvalue weighted by Crippen LogP contribution is -2.41. The minimum atomic E-state index is -2.87. The van der Waals surface area contributed by atoms with Gasteiger partial charge in [-0.15, -0.1) is 0 Å². The van der Waals surface area contributed by atoms with Crippen LogP contribution in [-0.4, -0.2) is 56.5 Å². The van der Waals surface area contributed by atoms with Gasteiger partial charge in [0.25, 0.3) is 0 Å². The van der Waals surface area contributed by atoms with Gasteiger partial charge in [0.05, 0.1) is 17.9 Å². The summed E-state index contributed by atoms with van der Waals surface area (Å²) in [6.07, 6.45) is 18.9. The average molecular weight is 460 g/mol. The first-order valence-corrected chi connectivity index (χ1v) is 14.9. The van der Waals surface area contributed by atoms with Crippen LogP contribution in [0.4, 0.5) is 0 Å². The largest absolute Gasteiger partial charge is 0.462 e. The quantitative estimate of drug-likeness (QED) is 0.177. The number of hydrogen-bond donors (Lipinski definition) is 0. The van der Waals surface area contributed by atoms with E-state index in [1.807, 2.05) is 0 Å². The first kappa shape index (κ1) is 28.4. The van der Waals surface area contributed by atoms with Crippen LogP contribution in [0.5, 0.6) is 0 Å². The number of carbonyl (C=O) groups excluding carboxylic acids is 1. The van der Waals surface area contributed by atoms with Crippen molar-refractivity contribution in [3.63, 3.8) is 0 Å². The number of esters is 1. The van der Waals surface area contributed by atoms with Crippen molar-refractivity contribution < 1.29 is 17.9 Å². The molecule has 1 aliphatic rings. The molecule has 0 N–H and O–H groups in total. The van der Waals surface area contributed by atoms with Crippen LogP contribution in [0.15, 0.2) is 0 Å². The third kappa shape index (κ3) is 15.8. The summed E-state index contributed by atoms with van der Waals surface area (Å²) in [6.45, 7) is 6.16. The minimum absolute atomic E-state index is 0.0519. The highest BCUT2D eigenvalue weighted by Crippen LogP contribution is 2.18. The Labute approximate surface area is 192 Å². The summed E-state index contributed by atoms with van der Waals surface area (Å²) in [7, 11) is -2.87. The predicted molar refractivity (Wildman–Crippen MR) is 130 cm³/mol. The molecule has 1 rings (SSSR count). The Hall–Kier alpha value is -0.620. The number of rotatable bonds is 19. The van der Waals surface area contributed by atoms with Crippen LogP contribution >= 0.6 is 0 Å². The lowest BCUT2D eigenvalue weighted by molar-refractivity contribution is -0.150. The number of hydrogen-bond acceptors (Lipinski definition) is 5. The van der Waals surface area contributed by atoms with Gasteiger partial charge in [-0.3, -0.25) is 4.79 Å². The molecule has 1 heterocycles. The van der Waals surface area contributed by atoms with E-state index in [1.54, 1.807) is 0 Å². The van der Waals surface area contributed by atoms with Gasteiger partial charge in [0, 0.05) is 19.6 Å². The maximum absolute atomic E-state index is 12.4. The maximum Gasteiger partial charge on any atom is 0.307 e. The van der Waals surface area contributed by atoms with Gasteiger partial charge >= 0.3 is 5.97 Å². The van der Waals surface area contributed by atoms with Gasteiger partial charge in [0.2, 0.25) is 0 Å². The fourth-order valence-corrected chi connectivity index (χ4v) is 5.49. The van der Waals surface area contributed by atoms with Crippen LogP contribution in [0.1, 0.15) is 117 Å². The van der Waals surface area contributed by atoms with Gasteiger partial charge in [-0.2, -0.15) is 0 Å². The third-order valence-corrected chi connectivity index (χ3v) is 7.99. The van der Waals surface area contributed by atoms with Crippen LogP contribution in [-0.2, 0) is 19.4 Å². The Morgan fingerprint density at radius 3 is 1.71 bits per heavy atom. The minimum Gasteiger partial charge on any atom is -0.462 e. The van der Waals surface area contributed by atoms with Gasteiger partial charge in [0.15, 0.2) is 9.84 Å². The number of ether oxygens (including phenoxy) is 1. The molecule has 1 saturated heterocycles. The lowest BCUT2D eigenvalue weighted by Gasteiger charge is -2.26. The van der Waals surface area contributed by atoms with Crippen LogP contribution in [0.2, 0.25) is 0 Å². The smallest absolute Gasteiger partial charge is 0.307 e. The van der Waals surface area contributed by atoms with Crippen molar-refractivity contribution >= 4 is 15.8 Å². The maximum atomic E-state index is 12.4. The van der Waals surface area contributed by atoms with E-state index in [2.05, 4.69) is 18.7 Å². The van der Waals surface area contributed by atoms with Crippen molar-refractivity contribution in [1.29, 1.82) is 0 Å². The summed E-state index contributed by atoms with van der Waals surface area (Å²) >= 11 is 0. The molecule has 0 radical (unpaired) electrons. The number of sulfone groups is 1. The normalized spacial score (nSPS) is 17.5. The SMILES string of the molecule is CCCCCCCCCC(CCCCCCCC)OC(=O)CCN1CCS(=O)(=O)CC1. The van der Waals surface area contributed by atoms with E-state index < -0.39 is 9.84 Å². The van der Waals surface area contributed by atoms with Crippen LogP contribution in [0, 0.1) is 0 Å². The van der Waals surface area contributed by atoms with E-state index in [0.29, 0.717) is 26.1 Å². The average Bonchev–Trinajstić information content (AvgIpc) is 2.74. The molecule has 1 fully saturated rings. The fourth-order valence-electron chi connectivity index (χ4n) is 4.21.